The maximum absolute atomic E-state index is 10.8. The van der Waals surface area contributed by atoms with Gasteiger partial charge in [-0.05, 0) is 6.42 Å². The normalized spacial score (nSPS) is 22.5. The summed E-state index contributed by atoms with van der Waals surface area (Å²) in [5, 5.41) is 19.0. The SMILES string of the molecule is CCCCCCCCCC1=NCC[N+]1(O)CC(=O)O. The lowest BCUT2D eigenvalue weighted by Crippen LogP contribution is -2.50. The number of quaternary nitrogens is 1. The predicted octanol–water partition coefficient (Wildman–Crippen LogP) is 2.83. The van der Waals surface area contributed by atoms with Crippen molar-refractivity contribution in [3.05, 3.63) is 0 Å². The minimum Gasteiger partial charge on any atom is -0.477 e. The van der Waals surface area contributed by atoms with E-state index in [9.17, 15) is 10.0 Å². The van der Waals surface area contributed by atoms with E-state index < -0.39 is 10.6 Å². The van der Waals surface area contributed by atoms with Crippen LogP contribution in [-0.4, -0.2) is 46.4 Å². The molecule has 110 valence electrons. The van der Waals surface area contributed by atoms with Crippen LogP contribution in [0.3, 0.4) is 0 Å². The van der Waals surface area contributed by atoms with Crippen molar-refractivity contribution in [1.82, 2.24) is 0 Å². The van der Waals surface area contributed by atoms with E-state index in [4.69, 9.17) is 5.11 Å². The van der Waals surface area contributed by atoms with Crippen LogP contribution >= 0.6 is 0 Å². The molecule has 0 aromatic rings. The first-order valence-corrected chi connectivity index (χ1v) is 7.44. The topological polar surface area (TPSA) is 69.9 Å². The highest BCUT2D eigenvalue weighted by atomic mass is 16.6. The minimum absolute atomic E-state index is 0.269. The van der Waals surface area contributed by atoms with Crippen LogP contribution < -0.4 is 0 Å². The van der Waals surface area contributed by atoms with Gasteiger partial charge in [-0.3, -0.25) is 0 Å². The zero-order valence-electron chi connectivity index (χ0n) is 12.0. The molecule has 0 aromatic carbocycles. The van der Waals surface area contributed by atoms with E-state index in [0.717, 1.165) is 19.3 Å². The molecular formula is C14H27N2O3+. The number of carboxylic acid groups (broad SMARTS) is 1. The number of nitrogens with zero attached hydrogens (tertiary/aromatic N) is 2. The Morgan fingerprint density at radius 1 is 1.21 bits per heavy atom. The molecule has 0 amide bonds. The Labute approximate surface area is 115 Å². The monoisotopic (exact) mass is 271 g/mol. The van der Waals surface area contributed by atoms with E-state index in [1.165, 1.54) is 32.1 Å². The van der Waals surface area contributed by atoms with E-state index in [0.29, 0.717) is 18.9 Å². The smallest absolute Gasteiger partial charge is 0.362 e. The van der Waals surface area contributed by atoms with Gasteiger partial charge in [0.1, 0.15) is 6.54 Å². The minimum atomic E-state index is -0.975. The number of carboxylic acids is 1. The molecule has 1 aliphatic rings. The highest BCUT2D eigenvalue weighted by Crippen LogP contribution is 2.17. The second kappa shape index (κ2) is 8.27. The number of aliphatic carboxylic acids is 1. The van der Waals surface area contributed by atoms with Crippen molar-refractivity contribution < 1.29 is 19.8 Å². The molecule has 1 heterocycles. The summed E-state index contributed by atoms with van der Waals surface area (Å²) >= 11 is 0. The maximum Gasteiger partial charge on any atom is 0.362 e. The number of hydrogen-bond donors (Lipinski definition) is 2. The third-order valence-electron chi connectivity index (χ3n) is 3.65. The van der Waals surface area contributed by atoms with Crippen molar-refractivity contribution in [3.8, 4) is 0 Å². The van der Waals surface area contributed by atoms with E-state index in [-0.39, 0.29) is 6.54 Å². The zero-order valence-corrected chi connectivity index (χ0v) is 12.0. The highest BCUT2D eigenvalue weighted by molar-refractivity contribution is 5.79. The molecular weight excluding hydrogens is 244 g/mol. The highest BCUT2D eigenvalue weighted by Gasteiger charge is 2.39. The lowest BCUT2D eigenvalue weighted by molar-refractivity contribution is -1.02. The van der Waals surface area contributed by atoms with Gasteiger partial charge in [0.05, 0.1) is 6.54 Å². The van der Waals surface area contributed by atoms with Crippen LogP contribution in [0.15, 0.2) is 4.99 Å². The Balaban J connectivity index is 2.19. The third-order valence-corrected chi connectivity index (χ3v) is 3.65. The number of rotatable bonds is 10. The molecule has 0 aromatic heterocycles. The van der Waals surface area contributed by atoms with E-state index in [2.05, 4.69) is 11.9 Å². The number of hydroxylamine groups is 3. The fourth-order valence-electron chi connectivity index (χ4n) is 2.53. The summed E-state index contributed by atoms with van der Waals surface area (Å²) in [7, 11) is 0. The molecule has 19 heavy (non-hydrogen) atoms. The van der Waals surface area contributed by atoms with Crippen molar-refractivity contribution in [2.24, 2.45) is 4.99 Å². The van der Waals surface area contributed by atoms with E-state index in [1.54, 1.807) is 0 Å². The van der Waals surface area contributed by atoms with Crippen LogP contribution in [0.25, 0.3) is 0 Å². The van der Waals surface area contributed by atoms with Gasteiger partial charge < -0.3 is 5.11 Å². The van der Waals surface area contributed by atoms with Crippen LogP contribution in [0.5, 0.6) is 0 Å². The van der Waals surface area contributed by atoms with Gasteiger partial charge in [0.15, 0.2) is 0 Å². The molecule has 1 rings (SSSR count). The molecule has 5 heteroatoms. The van der Waals surface area contributed by atoms with Gasteiger partial charge in [-0.25, -0.2) is 15.0 Å². The van der Waals surface area contributed by atoms with Crippen molar-refractivity contribution in [3.63, 3.8) is 0 Å². The first-order valence-electron chi connectivity index (χ1n) is 7.44. The molecule has 1 atom stereocenters. The second-order valence-corrected chi connectivity index (χ2v) is 5.37. The lowest BCUT2D eigenvalue weighted by atomic mass is 10.1. The molecule has 0 spiro atoms. The number of unbranched alkanes of at least 4 members (excludes halogenated alkanes) is 6. The number of carbonyl (C=O) groups is 1. The number of amidine groups is 1. The summed E-state index contributed by atoms with van der Waals surface area (Å²) in [6.45, 7) is 2.88. The lowest BCUT2D eigenvalue weighted by Gasteiger charge is -2.23. The summed E-state index contributed by atoms with van der Waals surface area (Å²) < 4.78 is -0.481. The second-order valence-electron chi connectivity index (χ2n) is 5.37. The quantitative estimate of drug-likeness (QED) is 0.474. The summed E-state index contributed by atoms with van der Waals surface area (Å²) in [5.41, 5.74) is 0. The third kappa shape index (κ3) is 5.70. The summed E-state index contributed by atoms with van der Waals surface area (Å²) in [6.07, 6.45) is 9.21. The van der Waals surface area contributed by atoms with E-state index >= 15 is 0 Å². The van der Waals surface area contributed by atoms with Crippen LogP contribution in [0, 0.1) is 0 Å². The van der Waals surface area contributed by atoms with Gasteiger partial charge in [0, 0.05) is 6.42 Å². The number of aliphatic imine (C=N–C) groups is 1. The van der Waals surface area contributed by atoms with Crippen molar-refractivity contribution in [2.75, 3.05) is 19.6 Å². The first-order chi connectivity index (χ1) is 9.08. The molecule has 5 nitrogen and oxygen atoms in total. The van der Waals surface area contributed by atoms with Gasteiger partial charge in [0.25, 0.3) is 0 Å². The van der Waals surface area contributed by atoms with Gasteiger partial charge in [-0.2, -0.15) is 0 Å². The largest absolute Gasteiger partial charge is 0.477 e. The Morgan fingerprint density at radius 3 is 2.47 bits per heavy atom. The average Bonchev–Trinajstić information content (AvgIpc) is 2.68. The van der Waals surface area contributed by atoms with Crippen LogP contribution in [0.4, 0.5) is 0 Å². The summed E-state index contributed by atoms with van der Waals surface area (Å²) in [5.74, 6) is -0.326. The van der Waals surface area contributed by atoms with Crippen LogP contribution in [0.2, 0.25) is 0 Å². The average molecular weight is 271 g/mol. The van der Waals surface area contributed by atoms with Gasteiger partial charge >= 0.3 is 5.97 Å². The van der Waals surface area contributed by atoms with Crippen molar-refractivity contribution in [1.29, 1.82) is 0 Å². The molecule has 0 fully saturated rings. The molecule has 0 aliphatic carbocycles. The summed E-state index contributed by atoms with van der Waals surface area (Å²) in [6, 6.07) is 0. The number of hydrogen-bond acceptors (Lipinski definition) is 3. The molecule has 0 radical (unpaired) electrons. The van der Waals surface area contributed by atoms with E-state index in [1.807, 2.05) is 0 Å². The predicted molar refractivity (Wildman–Crippen MR) is 74.3 cm³/mol. The van der Waals surface area contributed by atoms with Crippen molar-refractivity contribution in [2.45, 2.75) is 58.3 Å². The van der Waals surface area contributed by atoms with Gasteiger partial charge in [-0.1, -0.05) is 45.4 Å². The Morgan fingerprint density at radius 2 is 1.84 bits per heavy atom. The molecule has 2 N–H and O–H groups in total. The van der Waals surface area contributed by atoms with Crippen molar-refractivity contribution >= 4 is 11.8 Å². The standard InChI is InChI=1S/C14H26N2O3/c1-2-3-4-5-6-7-8-9-13-15-10-11-16(13,19)12-14(17)18/h19H,2-12H2,1H3/p+1. The maximum atomic E-state index is 10.8. The summed E-state index contributed by atoms with van der Waals surface area (Å²) in [4.78, 5) is 15.0. The van der Waals surface area contributed by atoms with Gasteiger partial charge in [0.2, 0.25) is 12.4 Å². The fourth-order valence-corrected chi connectivity index (χ4v) is 2.53. The van der Waals surface area contributed by atoms with Crippen LogP contribution in [-0.2, 0) is 4.79 Å². The molecule has 0 bridgehead atoms. The van der Waals surface area contributed by atoms with Gasteiger partial charge in [-0.15, -0.1) is 4.65 Å². The molecule has 1 unspecified atom stereocenters. The Bertz CT molecular complexity index is 318. The molecule has 1 aliphatic heterocycles. The molecule has 0 saturated heterocycles. The Kier molecular flexibility index (Phi) is 7.02. The van der Waals surface area contributed by atoms with Crippen LogP contribution in [0.1, 0.15) is 58.3 Å². The first kappa shape index (κ1) is 16.1. The Hall–Kier alpha value is -0.940. The fraction of sp³-hybridized carbons (Fsp3) is 0.857. The molecule has 0 saturated carbocycles. The zero-order chi connectivity index (χ0) is 14.1.